The lowest BCUT2D eigenvalue weighted by molar-refractivity contribution is 0.140. The molecule has 0 spiro atoms. The van der Waals surface area contributed by atoms with E-state index in [1.54, 1.807) is 0 Å². The Balaban J connectivity index is 1.90. The molecule has 0 saturated heterocycles. The first-order valence-electron chi connectivity index (χ1n) is 8.52. The predicted octanol–water partition coefficient (Wildman–Crippen LogP) is 3.67. The summed E-state index contributed by atoms with van der Waals surface area (Å²) in [6.45, 7) is 8.42. The van der Waals surface area contributed by atoms with Crippen LogP contribution in [0.1, 0.15) is 65.2 Å². The Morgan fingerprint density at radius 1 is 1.11 bits per heavy atom. The third-order valence-corrected chi connectivity index (χ3v) is 4.92. The Labute approximate surface area is 120 Å². The maximum Gasteiger partial charge on any atom is 0.00472 e. The molecule has 0 heterocycles. The van der Waals surface area contributed by atoms with E-state index >= 15 is 0 Å². The Bertz CT molecular complexity index is 250. The first-order chi connectivity index (χ1) is 9.10. The maximum atomic E-state index is 3.73. The first kappa shape index (κ1) is 15.3. The third-order valence-electron chi connectivity index (χ3n) is 4.92. The molecule has 2 fully saturated rings. The van der Waals surface area contributed by atoms with E-state index in [2.05, 4.69) is 31.1 Å². The molecule has 1 N–H and O–H groups in total. The topological polar surface area (TPSA) is 15.3 Å². The van der Waals surface area contributed by atoms with Gasteiger partial charge >= 0.3 is 0 Å². The first-order valence-corrected chi connectivity index (χ1v) is 8.52. The fourth-order valence-corrected chi connectivity index (χ4v) is 3.67. The van der Waals surface area contributed by atoms with E-state index in [4.69, 9.17) is 0 Å². The summed E-state index contributed by atoms with van der Waals surface area (Å²) < 4.78 is 0. The van der Waals surface area contributed by atoms with Crippen LogP contribution in [0.2, 0.25) is 0 Å². The molecular formula is C17H34N2. The molecule has 112 valence electrons. The van der Waals surface area contributed by atoms with Gasteiger partial charge in [-0.3, -0.25) is 0 Å². The smallest absolute Gasteiger partial charge is 0.00472 e. The molecule has 0 atom stereocenters. The molecule has 0 aromatic carbocycles. The van der Waals surface area contributed by atoms with Gasteiger partial charge in [0.2, 0.25) is 0 Å². The standard InChI is InChI=1S/C17H34N2/c1-15(2)18-13-17(10-6-4-5-7-11-17)14-19(3)12-16-8-9-16/h15-16,18H,4-14H2,1-3H3. The summed E-state index contributed by atoms with van der Waals surface area (Å²) in [6, 6.07) is 0.619. The second kappa shape index (κ2) is 7.08. The second-order valence-corrected chi connectivity index (χ2v) is 7.59. The van der Waals surface area contributed by atoms with E-state index in [0.717, 1.165) is 5.92 Å². The van der Waals surface area contributed by atoms with Crippen LogP contribution in [0.4, 0.5) is 0 Å². The number of hydrogen-bond donors (Lipinski definition) is 1. The lowest BCUT2D eigenvalue weighted by atomic mass is 9.79. The molecule has 2 aliphatic carbocycles. The van der Waals surface area contributed by atoms with Gasteiger partial charge in [0.15, 0.2) is 0 Å². The molecule has 0 aromatic heterocycles. The molecule has 2 saturated carbocycles. The Morgan fingerprint density at radius 3 is 2.26 bits per heavy atom. The average Bonchev–Trinajstić information content (AvgIpc) is 3.15. The Morgan fingerprint density at radius 2 is 1.74 bits per heavy atom. The van der Waals surface area contributed by atoms with Crippen LogP contribution in [0.15, 0.2) is 0 Å². The minimum Gasteiger partial charge on any atom is -0.314 e. The van der Waals surface area contributed by atoms with E-state index in [1.807, 2.05) is 0 Å². The summed E-state index contributed by atoms with van der Waals surface area (Å²) in [5.74, 6) is 1.02. The normalized spacial score (nSPS) is 23.8. The van der Waals surface area contributed by atoms with E-state index in [-0.39, 0.29) is 0 Å². The zero-order valence-corrected chi connectivity index (χ0v) is 13.4. The molecule has 2 nitrogen and oxygen atoms in total. The maximum absolute atomic E-state index is 3.73. The van der Waals surface area contributed by atoms with Crippen molar-refractivity contribution in [1.29, 1.82) is 0 Å². The third kappa shape index (κ3) is 5.43. The highest BCUT2D eigenvalue weighted by Crippen LogP contribution is 2.36. The zero-order chi connectivity index (χ0) is 13.7. The van der Waals surface area contributed by atoms with Crippen LogP contribution in [0.3, 0.4) is 0 Å². The van der Waals surface area contributed by atoms with Crippen LogP contribution in [-0.2, 0) is 0 Å². The summed E-state index contributed by atoms with van der Waals surface area (Å²) >= 11 is 0. The Kier molecular flexibility index (Phi) is 5.70. The summed E-state index contributed by atoms with van der Waals surface area (Å²) in [5, 5.41) is 3.73. The molecule has 2 aliphatic rings. The summed E-state index contributed by atoms with van der Waals surface area (Å²) in [7, 11) is 2.35. The van der Waals surface area contributed by atoms with E-state index in [9.17, 15) is 0 Å². The number of hydrogen-bond acceptors (Lipinski definition) is 2. The van der Waals surface area contributed by atoms with Crippen molar-refractivity contribution in [3.05, 3.63) is 0 Å². The van der Waals surface area contributed by atoms with Crippen molar-refractivity contribution in [2.45, 2.75) is 71.3 Å². The van der Waals surface area contributed by atoms with Gasteiger partial charge in [0.25, 0.3) is 0 Å². The van der Waals surface area contributed by atoms with Gasteiger partial charge in [0.1, 0.15) is 0 Å². The molecule has 2 heteroatoms. The van der Waals surface area contributed by atoms with Crippen LogP contribution >= 0.6 is 0 Å². The molecular weight excluding hydrogens is 232 g/mol. The van der Waals surface area contributed by atoms with Gasteiger partial charge in [-0.05, 0) is 44.1 Å². The van der Waals surface area contributed by atoms with Crippen molar-refractivity contribution in [3.8, 4) is 0 Å². The number of rotatable bonds is 7. The predicted molar refractivity (Wildman–Crippen MR) is 83.5 cm³/mol. The lowest BCUT2D eigenvalue weighted by Gasteiger charge is -2.37. The average molecular weight is 266 g/mol. The van der Waals surface area contributed by atoms with Crippen LogP contribution < -0.4 is 5.32 Å². The van der Waals surface area contributed by atoms with Gasteiger partial charge in [-0.1, -0.05) is 39.5 Å². The molecule has 0 aliphatic heterocycles. The highest BCUT2D eigenvalue weighted by atomic mass is 15.1. The quantitative estimate of drug-likeness (QED) is 0.707. The highest BCUT2D eigenvalue weighted by molar-refractivity contribution is 4.88. The van der Waals surface area contributed by atoms with Crippen molar-refractivity contribution in [2.75, 3.05) is 26.7 Å². The van der Waals surface area contributed by atoms with Crippen LogP contribution in [0, 0.1) is 11.3 Å². The van der Waals surface area contributed by atoms with Gasteiger partial charge in [-0.15, -0.1) is 0 Å². The fourth-order valence-electron chi connectivity index (χ4n) is 3.67. The van der Waals surface area contributed by atoms with E-state index < -0.39 is 0 Å². The van der Waals surface area contributed by atoms with Gasteiger partial charge in [0.05, 0.1) is 0 Å². The Hall–Kier alpha value is -0.0800. The molecule has 2 rings (SSSR count). The zero-order valence-electron chi connectivity index (χ0n) is 13.4. The minimum absolute atomic E-state index is 0.546. The van der Waals surface area contributed by atoms with Gasteiger partial charge in [-0.25, -0.2) is 0 Å². The number of nitrogens with zero attached hydrogens (tertiary/aromatic N) is 1. The fraction of sp³-hybridized carbons (Fsp3) is 1.00. The van der Waals surface area contributed by atoms with Crippen molar-refractivity contribution < 1.29 is 0 Å². The van der Waals surface area contributed by atoms with Gasteiger partial charge in [-0.2, -0.15) is 0 Å². The summed E-state index contributed by atoms with van der Waals surface area (Å²) in [5.41, 5.74) is 0.546. The monoisotopic (exact) mass is 266 g/mol. The molecule has 19 heavy (non-hydrogen) atoms. The van der Waals surface area contributed by atoms with Crippen LogP contribution in [0.25, 0.3) is 0 Å². The van der Waals surface area contributed by atoms with Gasteiger partial charge in [0, 0.05) is 25.7 Å². The highest BCUT2D eigenvalue weighted by Gasteiger charge is 2.33. The van der Waals surface area contributed by atoms with E-state index in [0.29, 0.717) is 11.5 Å². The van der Waals surface area contributed by atoms with Crippen molar-refractivity contribution >= 4 is 0 Å². The SMILES string of the molecule is CC(C)NCC1(CN(C)CC2CC2)CCCCCC1. The van der Waals surface area contributed by atoms with Crippen molar-refractivity contribution in [2.24, 2.45) is 11.3 Å². The number of nitrogens with one attached hydrogen (secondary N) is 1. The largest absolute Gasteiger partial charge is 0.314 e. The van der Waals surface area contributed by atoms with Crippen LogP contribution in [-0.4, -0.2) is 37.6 Å². The summed E-state index contributed by atoms with van der Waals surface area (Å²) in [6.07, 6.45) is 11.6. The van der Waals surface area contributed by atoms with Crippen molar-refractivity contribution in [3.63, 3.8) is 0 Å². The lowest BCUT2D eigenvalue weighted by Crippen LogP contribution is -2.45. The second-order valence-electron chi connectivity index (χ2n) is 7.59. The molecule has 0 amide bonds. The molecule has 0 aromatic rings. The van der Waals surface area contributed by atoms with E-state index in [1.165, 1.54) is 71.0 Å². The van der Waals surface area contributed by atoms with Gasteiger partial charge < -0.3 is 10.2 Å². The van der Waals surface area contributed by atoms with Crippen molar-refractivity contribution in [1.82, 2.24) is 10.2 Å². The molecule has 0 unspecified atom stereocenters. The summed E-state index contributed by atoms with van der Waals surface area (Å²) in [4.78, 5) is 2.63. The van der Waals surface area contributed by atoms with Crippen LogP contribution in [0.5, 0.6) is 0 Å². The molecule has 0 bridgehead atoms. The molecule has 0 radical (unpaired) electrons. The minimum atomic E-state index is 0.546.